The third-order valence-corrected chi connectivity index (χ3v) is 1.02. The van der Waals surface area contributed by atoms with E-state index in [2.05, 4.69) is 0 Å². The molecule has 0 aliphatic heterocycles. The van der Waals surface area contributed by atoms with E-state index in [0.29, 0.717) is 6.42 Å². The van der Waals surface area contributed by atoms with Crippen LogP contribution in [-0.4, -0.2) is 33.9 Å². The predicted octanol–water partition coefficient (Wildman–Crippen LogP) is 0.229. The van der Waals surface area contributed by atoms with E-state index in [1.807, 2.05) is 0 Å². The SMILES string of the molecule is OCCCCCN(O)O. The molecule has 0 amide bonds. The Morgan fingerprint density at radius 1 is 1.00 bits per heavy atom. The lowest BCUT2D eigenvalue weighted by molar-refractivity contribution is -0.306. The van der Waals surface area contributed by atoms with Crippen molar-refractivity contribution in [3.05, 3.63) is 0 Å². The molecule has 0 aromatic rings. The summed E-state index contributed by atoms with van der Waals surface area (Å²) in [5, 5.41) is 24.8. The van der Waals surface area contributed by atoms with Crippen molar-refractivity contribution in [2.24, 2.45) is 0 Å². The summed E-state index contributed by atoms with van der Waals surface area (Å²) in [7, 11) is 0. The number of nitrogens with zero attached hydrogens (tertiary/aromatic N) is 1. The Bertz CT molecular complexity index is 58.2. The van der Waals surface area contributed by atoms with Crippen LogP contribution in [-0.2, 0) is 0 Å². The highest BCUT2D eigenvalue weighted by atomic mass is 16.8. The number of unbranched alkanes of at least 4 members (excludes halogenated alkanes) is 2. The Labute approximate surface area is 54.2 Å². The topological polar surface area (TPSA) is 63.9 Å². The highest BCUT2D eigenvalue weighted by molar-refractivity contribution is 4.39. The molecule has 0 aromatic carbocycles. The van der Waals surface area contributed by atoms with Gasteiger partial charge in [-0.25, -0.2) is 0 Å². The molecule has 0 unspecified atom stereocenters. The molecule has 0 aliphatic carbocycles. The second-order valence-electron chi connectivity index (χ2n) is 1.88. The molecule has 9 heavy (non-hydrogen) atoms. The monoisotopic (exact) mass is 135 g/mol. The minimum Gasteiger partial charge on any atom is -0.396 e. The first-order valence-corrected chi connectivity index (χ1v) is 3.03. The van der Waals surface area contributed by atoms with Crippen molar-refractivity contribution in [2.45, 2.75) is 19.3 Å². The number of aliphatic hydroxyl groups is 1. The average Bonchev–Trinajstić information content (AvgIpc) is 1.80. The molecule has 0 atom stereocenters. The van der Waals surface area contributed by atoms with Crippen molar-refractivity contribution >= 4 is 0 Å². The first kappa shape index (κ1) is 8.84. The van der Waals surface area contributed by atoms with Crippen LogP contribution in [0, 0.1) is 0 Å². The minimum absolute atomic E-state index is 0.164. The summed E-state index contributed by atoms with van der Waals surface area (Å²) in [5.74, 6) is 0. The van der Waals surface area contributed by atoms with E-state index >= 15 is 0 Å². The summed E-state index contributed by atoms with van der Waals surface area (Å²) < 4.78 is 0. The van der Waals surface area contributed by atoms with E-state index in [1.54, 1.807) is 0 Å². The van der Waals surface area contributed by atoms with E-state index < -0.39 is 0 Å². The minimum atomic E-state index is 0.164. The lowest BCUT2D eigenvalue weighted by Gasteiger charge is -2.03. The summed E-state index contributed by atoms with van der Waals surface area (Å²) in [4.78, 5) is 0. The van der Waals surface area contributed by atoms with E-state index in [0.717, 1.165) is 12.8 Å². The van der Waals surface area contributed by atoms with Gasteiger partial charge in [0.1, 0.15) is 0 Å². The highest BCUT2D eigenvalue weighted by Crippen LogP contribution is 1.93. The van der Waals surface area contributed by atoms with Gasteiger partial charge in [-0.05, 0) is 19.3 Å². The van der Waals surface area contributed by atoms with Gasteiger partial charge in [0.2, 0.25) is 0 Å². The Hall–Kier alpha value is -0.160. The lowest BCUT2D eigenvalue weighted by Crippen LogP contribution is -2.14. The van der Waals surface area contributed by atoms with Crippen LogP contribution in [0.25, 0.3) is 0 Å². The van der Waals surface area contributed by atoms with E-state index in [9.17, 15) is 0 Å². The van der Waals surface area contributed by atoms with Gasteiger partial charge in [0.05, 0.1) is 6.54 Å². The Morgan fingerprint density at radius 2 is 1.67 bits per heavy atom. The predicted molar refractivity (Wildman–Crippen MR) is 31.2 cm³/mol. The molecule has 0 spiro atoms. The smallest absolute Gasteiger partial charge is 0.0512 e. The van der Waals surface area contributed by atoms with Crippen LogP contribution in [0.2, 0.25) is 0 Å². The zero-order chi connectivity index (χ0) is 7.11. The molecular weight excluding hydrogens is 122 g/mol. The maximum atomic E-state index is 8.29. The van der Waals surface area contributed by atoms with Gasteiger partial charge < -0.3 is 5.11 Å². The van der Waals surface area contributed by atoms with E-state index in [1.165, 1.54) is 0 Å². The van der Waals surface area contributed by atoms with Gasteiger partial charge in [-0.3, -0.25) is 10.4 Å². The maximum absolute atomic E-state index is 8.29. The van der Waals surface area contributed by atoms with E-state index in [-0.39, 0.29) is 18.4 Å². The van der Waals surface area contributed by atoms with Crippen LogP contribution in [0.15, 0.2) is 0 Å². The molecule has 0 rings (SSSR count). The van der Waals surface area contributed by atoms with Crippen LogP contribution >= 0.6 is 0 Å². The second-order valence-corrected chi connectivity index (χ2v) is 1.88. The summed E-state index contributed by atoms with van der Waals surface area (Å²) in [5.41, 5.74) is 0. The van der Waals surface area contributed by atoms with Crippen LogP contribution in [0.3, 0.4) is 0 Å². The molecule has 0 saturated carbocycles. The molecule has 0 heterocycles. The fourth-order valence-corrected chi connectivity index (χ4v) is 0.542. The first-order valence-electron chi connectivity index (χ1n) is 3.03. The van der Waals surface area contributed by atoms with Crippen LogP contribution in [0.5, 0.6) is 0 Å². The van der Waals surface area contributed by atoms with Crippen LogP contribution in [0.4, 0.5) is 0 Å². The van der Waals surface area contributed by atoms with Crippen molar-refractivity contribution in [1.82, 2.24) is 5.23 Å². The van der Waals surface area contributed by atoms with Crippen molar-refractivity contribution in [2.75, 3.05) is 13.2 Å². The molecule has 56 valence electrons. The summed E-state index contributed by atoms with van der Waals surface area (Å²) in [6.45, 7) is 0.427. The van der Waals surface area contributed by atoms with E-state index in [4.69, 9.17) is 15.5 Å². The number of hydrogen-bond acceptors (Lipinski definition) is 4. The molecule has 0 fully saturated rings. The largest absolute Gasteiger partial charge is 0.396 e. The quantitative estimate of drug-likeness (QED) is 0.373. The summed E-state index contributed by atoms with van der Waals surface area (Å²) >= 11 is 0. The van der Waals surface area contributed by atoms with Crippen molar-refractivity contribution < 1.29 is 15.5 Å². The Kier molecular flexibility index (Phi) is 5.86. The van der Waals surface area contributed by atoms with Gasteiger partial charge in [0, 0.05) is 6.61 Å². The fourth-order valence-electron chi connectivity index (χ4n) is 0.542. The molecule has 3 N–H and O–H groups in total. The number of hydrogen-bond donors (Lipinski definition) is 3. The standard InChI is InChI=1S/C5H13NO3/c7-5-3-1-2-4-6(8)9/h7-9H,1-5H2. The molecule has 0 saturated heterocycles. The van der Waals surface area contributed by atoms with Gasteiger partial charge in [-0.2, -0.15) is 0 Å². The average molecular weight is 135 g/mol. The molecule has 0 aromatic heterocycles. The van der Waals surface area contributed by atoms with Gasteiger partial charge in [0.15, 0.2) is 0 Å². The zero-order valence-corrected chi connectivity index (χ0v) is 5.32. The zero-order valence-electron chi connectivity index (χ0n) is 5.32. The van der Waals surface area contributed by atoms with Gasteiger partial charge in [-0.15, -0.1) is 0 Å². The Balaban J connectivity index is 2.75. The number of aliphatic hydroxyl groups excluding tert-OH is 1. The normalized spacial score (nSPS) is 10.7. The third-order valence-electron chi connectivity index (χ3n) is 1.02. The molecule has 0 aliphatic rings. The molecule has 4 nitrogen and oxygen atoms in total. The van der Waals surface area contributed by atoms with Crippen molar-refractivity contribution in [1.29, 1.82) is 0 Å². The number of rotatable bonds is 5. The van der Waals surface area contributed by atoms with Crippen LogP contribution < -0.4 is 0 Å². The molecule has 4 heteroatoms. The first-order chi connectivity index (χ1) is 4.27. The summed E-state index contributed by atoms with van der Waals surface area (Å²) in [6.07, 6.45) is 2.26. The van der Waals surface area contributed by atoms with Crippen LogP contribution in [0.1, 0.15) is 19.3 Å². The molecule has 0 radical (unpaired) electrons. The molecule has 0 bridgehead atoms. The second kappa shape index (κ2) is 5.97. The fraction of sp³-hybridized carbons (Fsp3) is 1.00. The lowest BCUT2D eigenvalue weighted by atomic mass is 10.2. The number of hydroxylamine groups is 2. The van der Waals surface area contributed by atoms with Gasteiger partial charge in [-0.1, -0.05) is 5.23 Å². The summed E-state index contributed by atoms with van der Waals surface area (Å²) in [6, 6.07) is 0. The highest BCUT2D eigenvalue weighted by Gasteiger charge is 1.91. The van der Waals surface area contributed by atoms with Gasteiger partial charge >= 0.3 is 0 Å². The van der Waals surface area contributed by atoms with Crippen molar-refractivity contribution in [3.8, 4) is 0 Å². The third kappa shape index (κ3) is 7.84. The molecular formula is C5H13NO3. The van der Waals surface area contributed by atoms with Gasteiger partial charge in [0.25, 0.3) is 0 Å². The van der Waals surface area contributed by atoms with Crippen molar-refractivity contribution in [3.63, 3.8) is 0 Å². The Morgan fingerprint density at radius 3 is 2.11 bits per heavy atom. The maximum Gasteiger partial charge on any atom is 0.0512 e.